The molecule has 0 N–H and O–H groups in total. The maximum Gasteiger partial charge on any atom is -0.0294 e. The molecule has 2 unspecified atom stereocenters. The molecule has 0 amide bonds. The largest absolute Gasteiger partial charge is 0.0654 e. The van der Waals surface area contributed by atoms with E-state index in [1.165, 1.54) is 44.9 Å². The van der Waals surface area contributed by atoms with Crippen molar-refractivity contribution in [2.24, 2.45) is 17.3 Å². The SMILES string of the molecule is CCCC1CCCCC1C1(C)CC1. The first-order chi connectivity index (χ1) is 6.26. The lowest BCUT2D eigenvalue weighted by Crippen LogP contribution is -2.26. The third-order valence-corrected chi connectivity index (χ3v) is 4.50. The van der Waals surface area contributed by atoms with Gasteiger partial charge < -0.3 is 0 Å². The molecule has 0 spiro atoms. The Morgan fingerprint density at radius 2 is 1.85 bits per heavy atom. The fourth-order valence-electron chi connectivity index (χ4n) is 3.41. The Kier molecular flexibility index (Phi) is 2.67. The van der Waals surface area contributed by atoms with E-state index in [9.17, 15) is 0 Å². The minimum atomic E-state index is 0.792. The molecule has 0 heteroatoms. The van der Waals surface area contributed by atoms with E-state index in [0.717, 1.165) is 17.3 Å². The van der Waals surface area contributed by atoms with Crippen molar-refractivity contribution in [3.05, 3.63) is 0 Å². The Labute approximate surface area is 83.1 Å². The van der Waals surface area contributed by atoms with Gasteiger partial charge in [-0.25, -0.2) is 0 Å². The van der Waals surface area contributed by atoms with Gasteiger partial charge in [0, 0.05) is 0 Å². The van der Waals surface area contributed by atoms with Crippen molar-refractivity contribution in [3.63, 3.8) is 0 Å². The molecular weight excluding hydrogens is 156 g/mol. The minimum Gasteiger partial charge on any atom is -0.0654 e. The van der Waals surface area contributed by atoms with Crippen molar-refractivity contribution in [1.29, 1.82) is 0 Å². The van der Waals surface area contributed by atoms with E-state index < -0.39 is 0 Å². The van der Waals surface area contributed by atoms with Crippen LogP contribution in [0.1, 0.15) is 65.2 Å². The molecule has 13 heavy (non-hydrogen) atoms. The van der Waals surface area contributed by atoms with Gasteiger partial charge in [0.25, 0.3) is 0 Å². The van der Waals surface area contributed by atoms with Crippen LogP contribution in [0.4, 0.5) is 0 Å². The summed E-state index contributed by atoms with van der Waals surface area (Å²) in [7, 11) is 0. The fraction of sp³-hybridized carbons (Fsp3) is 1.00. The summed E-state index contributed by atoms with van der Waals surface area (Å²) in [5.41, 5.74) is 0.792. The van der Waals surface area contributed by atoms with Crippen LogP contribution in [0.5, 0.6) is 0 Å². The zero-order valence-corrected chi connectivity index (χ0v) is 9.31. The van der Waals surface area contributed by atoms with Crippen LogP contribution in [0.3, 0.4) is 0 Å². The molecule has 2 aliphatic rings. The summed E-state index contributed by atoms with van der Waals surface area (Å²) in [5.74, 6) is 2.19. The van der Waals surface area contributed by atoms with Gasteiger partial charge in [-0.2, -0.15) is 0 Å². The van der Waals surface area contributed by atoms with E-state index in [1.807, 2.05) is 0 Å². The first-order valence-electron chi connectivity index (χ1n) is 6.26. The highest BCUT2D eigenvalue weighted by molar-refractivity contribution is 4.98. The monoisotopic (exact) mass is 180 g/mol. The zero-order chi connectivity index (χ0) is 9.31. The average Bonchev–Trinajstić information content (AvgIpc) is 2.86. The van der Waals surface area contributed by atoms with Gasteiger partial charge >= 0.3 is 0 Å². The Morgan fingerprint density at radius 3 is 2.46 bits per heavy atom. The molecule has 0 aromatic rings. The number of rotatable bonds is 3. The van der Waals surface area contributed by atoms with E-state index >= 15 is 0 Å². The van der Waals surface area contributed by atoms with Crippen molar-refractivity contribution in [3.8, 4) is 0 Å². The van der Waals surface area contributed by atoms with Crippen molar-refractivity contribution < 1.29 is 0 Å². The molecule has 0 saturated heterocycles. The predicted molar refractivity (Wildman–Crippen MR) is 57.7 cm³/mol. The maximum atomic E-state index is 2.53. The maximum absolute atomic E-state index is 2.53. The Balaban J connectivity index is 1.96. The second-order valence-corrected chi connectivity index (χ2v) is 5.59. The fourth-order valence-corrected chi connectivity index (χ4v) is 3.41. The molecule has 0 heterocycles. The molecule has 2 aliphatic carbocycles. The van der Waals surface area contributed by atoms with E-state index in [1.54, 1.807) is 6.42 Å². The normalized spacial score (nSPS) is 37.4. The zero-order valence-electron chi connectivity index (χ0n) is 9.31. The summed E-state index contributed by atoms with van der Waals surface area (Å²) in [4.78, 5) is 0. The van der Waals surface area contributed by atoms with Gasteiger partial charge in [-0.3, -0.25) is 0 Å². The molecule has 2 saturated carbocycles. The van der Waals surface area contributed by atoms with E-state index in [-0.39, 0.29) is 0 Å². The molecule has 0 aromatic heterocycles. The van der Waals surface area contributed by atoms with Crippen LogP contribution in [0, 0.1) is 17.3 Å². The lowest BCUT2D eigenvalue weighted by atomic mass is 9.70. The Hall–Kier alpha value is 0. The van der Waals surface area contributed by atoms with Crippen LogP contribution in [0.25, 0.3) is 0 Å². The van der Waals surface area contributed by atoms with Crippen LogP contribution in [0.15, 0.2) is 0 Å². The third-order valence-electron chi connectivity index (χ3n) is 4.50. The molecule has 0 aromatic carbocycles. The molecular formula is C13H24. The first-order valence-corrected chi connectivity index (χ1v) is 6.26. The summed E-state index contributed by atoms with van der Waals surface area (Å²) in [5, 5.41) is 0. The average molecular weight is 180 g/mol. The van der Waals surface area contributed by atoms with Crippen molar-refractivity contribution in [2.75, 3.05) is 0 Å². The molecule has 0 bridgehead atoms. The predicted octanol–water partition coefficient (Wildman–Crippen LogP) is 4.39. The minimum absolute atomic E-state index is 0.792. The first kappa shape index (κ1) is 9.55. The van der Waals surface area contributed by atoms with E-state index in [0.29, 0.717) is 0 Å². The molecule has 0 aliphatic heterocycles. The highest BCUT2D eigenvalue weighted by Gasteiger charge is 2.47. The standard InChI is InChI=1S/C13H24/c1-3-6-11-7-4-5-8-12(11)13(2)9-10-13/h11-12H,3-10H2,1-2H3. The van der Waals surface area contributed by atoms with E-state index in [2.05, 4.69) is 13.8 Å². The van der Waals surface area contributed by atoms with Crippen LogP contribution in [-0.2, 0) is 0 Å². The van der Waals surface area contributed by atoms with Crippen LogP contribution in [0.2, 0.25) is 0 Å². The topological polar surface area (TPSA) is 0 Å². The van der Waals surface area contributed by atoms with Crippen LogP contribution >= 0.6 is 0 Å². The third kappa shape index (κ3) is 1.92. The summed E-state index contributed by atoms with van der Waals surface area (Å²) < 4.78 is 0. The van der Waals surface area contributed by atoms with Gasteiger partial charge in [-0.1, -0.05) is 46.0 Å². The molecule has 2 fully saturated rings. The lowest BCUT2D eigenvalue weighted by Gasteiger charge is -2.36. The van der Waals surface area contributed by atoms with Crippen LogP contribution < -0.4 is 0 Å². The smallest absolute Gasteiger partial charge is 0.0294 e. The molecule has 76 valence electrons. The van der Waals surface area contributed by atoms with Gasteiger partial charge in [0.15, 0.2) is 0 Å². The van der Waals surface area contributed by atoms with Gasteiger partial charge in [0.2, 0.25) is 0 Å². The Morgan fingerprint density at radius 1 is 1.15 bits per heavy atom. The number of hydrogen-bond donors (Lipinski definition) is 0. The molecule has 0 nitrogen and oxygen atoms in total. The second-order valence-electron chi connectivity index (χ2n) is 5.59. The molecule has 2 atom stereocenters. The van der Waals surface area contributed by atoms with Crippen molar-refractivity contribution >= 4 is 0 Å². The highest BCUT2D eigenvalue weighted by Crippen LogP contribution is 2.58. The Bertz CT molecular complexity index is 165. The van der Waals surface area contributed by atoms with Crippen molar-refractivity contribution in [1.82, 2.24) is 0 Å². The molecule has 0 radical (unpaired) electrons. The van der Waals surface area contributed by atoms with Crippen molar-refractivity contribution in [2.45, 2.75) is 65.2 Å². The summed E-state index contributed by atoms with van der Waals surface area (Å²) in [6.45, 7) is 4.88. The summed E-state index contributed by atoms with van der Waals surface area (Å²) in [6.07, 6.45) is 12.1. The van der Waals surface area contributed by atoms with Crippen LogP contribution in [-0.4, -0.2) is 0 Å². The molecule has 2 rings (SSSR count). The number of hydrogen-bond acceptors (Lipinski definition) is 0. The van der Waals surface area contributed by atoms with Gasteiger partial charge in [-0.15, -0.1) is 0 Å². The quantitative estimate of drug-likeness (QED) is 0.604. The van der Waals surface area contributed by atoms with Gasteiger partial charge in [-0.05, 0) is 36.5 Å². The summed E-state index contributed by atoms with van der Waals surface area (Å²) >= 11 is 0. The second kappa shape index (κ2) is 3.63. The van der Waals surface area contributed by atoms with Gasteiger partial charge in [0.05, 0.1) is 0 Å². The lowest BCUT2D eigenvalue weighted by molar-refractivity contribution is 0.146. The van der Waals surface area contributed by atoms with E-state index in [4.69, 9.17) is 0 Å². The summed E-state index contributed by atoms with van der Waals surface area (Å²) in [6, 6.07) is 0. The van der Waals surface area contributed by atoms with Gasteiger partial charge in [0.1, 0.15) is 0 Å². The highest BCUT2D eigenvalue weighted by atomic mass is 14.5.